The Morgan fingerprint density at radius 3 is 2.45 bits per heavy atom. The molecule has 0 radical (unpaired) electrons. The van der Waals surface area contributed by atoms with E-state index >= 15 is 0 Å². The highest BCUT2D eigenvalue weighted by atomic mass is 32.2. The number of carbonyl (C=O) groups is 1. The molecule has 1 aromatic carbocycles. The number of hydrogen-bond donors (Lipinski definition) is 2. The topological polar surface area (TPSA) is 95.9 Å². The molecule has 2 N–H and O–H groups in total. The number of nitrogens with zero attached hydrogens (tertiary/aromatic N) is 1. The minimum atomic E-state index is -3.91. The summed E-state index contributed by atoms with van der Waals surface area (Å²) in [6, 6.07) is 3.93. The maximum absolute atomic E-state index is 12.9. The van der Waals surface area contributed by atoms with Crippen molar-refractivity contribution in [2.24, 2.45) is 0 Å². The molecule has 0 saturated carbocycles. The lowest BCUT2D eigenvalue weighted by Crippen LogP contribution is -2.52. The van der Waals surface area contributed by atoms with Gasteiger partial charge in [-0.2, -0.15) is 17.4 Å². The Hall–Kier alpha value is -1.55. The molecule has 1 aliphatic rings. The number of nitrogens with one attached hydrogen (secondary N) is 1. The van der Waals surface area contributed by atoms with Gasteiger partial charge in [-0.05, 0) is 24.1 Å². The first-order chi connectivity index (χ1) is 10.4. The van der Waals surface area contributed by atoms with E-state index in [2.05, 4.69) is 4.72 Å². The molecular formula is C13H17FN2O5S. The average Bonchev–Trinajstić information content (AvgIpc) is 2.49. The number of halogens is 1. The molecule has 1 fully saturated rings. The van der Waals surface area contributed by atoms with Gasteiger partial charge in [-0.25, -0.2) is 4.39 Å². The molecule has 0 aromatic heterocycles. The van der Waals surface area contributed by atoms with Gasteiger partial charge in [0.1, 0.15) is 11.9 Å². The highest BCUT2D eigenvalue weighted by molar-refractivity contribution is 7.87. The standard InChI is InChI=1S/C13H17FN2O5S/c14-11-3-1-10(2-4-11)9-12(13(17)18)15-22(19,20)16-5-7-21-8-6-16/h1-4,12,15H,5-9H2,(H,17,18)/t12-/m1/s1. The minimum Gasteiger partial charge on any atom is -0.480 e. The molecule has 22 heavy (non-hydrogen) atoms. The van der Waals surface area contributed by atoms with E-state index in [0.29, 0.717) is 5.56 Å². The predicted molar refractivity (Wildman–Crippen MR) is 76.0 cm³/mol. The Labute approximate surface area is 127 Å². The van der Waals surface area contributed by atoms with Gasteiger partial charge in [-0.1, -0.05) is 12.1 Å². The van der Waals surface area contributed by atoms with E-state index < -0.39 is 28.0 Å². The van der Waals surface area contributed by atoms with E-state index in [1.165, 1.54) is 24.3 Å². The lowest BCUT2D eigenvalue weighted by molar-refractivity contribution is -0.138. The Morgan fingerprint density at radius 2 is 1.91 bits per heavy atom. The third-order valence-electron chi connectivity index (χ3n) is 3.25. The van der Waals surface area contributed by atoms with Crippen molar-refractivity contribution in [2.75, 3.05) is 26.3 Å². The molecule has 1 aromatic rings. The van der Waals surface area contributed by atoms with Crippen LogP contribution in [0.2, 0.25) is 0 Å². The fourth-order valence-corrected chi connectivity index (χ4v) is 3.40. The van der Waals surface area contributed by atoms with Crippen LogP contribution in [0.5, 0.6) is 0 Å². The normalized spacial score (nSPS) is 18.0. The SMILES string of the molecule is O=C(O)[C@@H](Cc1ccc(F)cc1)NS(=O)(=O)N1CCOCC1. The maximum Gasteiger partial charge on any atom is 0.322 e. The first kappa shape index (κ1) is 16.8. The molecule has 7 nitrogen and oxygen atoms in total. The maximum atomic E-state index is 12.9. The monoisotopic (exact) mass is 332 g/mol. The number of carboxylic acids is 1. The van der Waals surface area contributed by atoms with Gasteiger partial charge in [-0.15, -0.1) is 0 Å². The lowest BCUT2D eigenvalue weighted by atomic mass is 10.1. The van der Waals surface area contributed by atoms with Crippen molar-refractivity contribution in [1.29, 1.82) is 0 Å². The largest absolute Gasteiger partial charge is 0.480 e. The van der Waals surface area contributed by atoms with Crippen molar-refractivity contribution >= 4 is 16.2 Å². The molecule has 1 heterocycles. The molecule has 0 spiro atoms. The van der Waals surface area contributed by atoms with Gasteiger partial charge in [0.15, 0.2) is 0 Å². The van der Waals surface area contributed by atoms with Crippen molar-refractivity contribution < 1.29 is 27.4 Å². The van der Waals surface area contributed by atoms with Crippen LogP contribution >= 0.6 is 0 Å². The molecule has 0 unspecified atom stereocenters. The molecule has 122 valence electrons. The van der Waals surface area contributed by atoms with Gasteiger partial charge in [0, 0.05) is 13.1 Å². The van der Waals surface area contributed by atoms with Crippen molar-refractivity contribution in [3.8, 4) is 0 Å². The highest BCUT2D eigenvalue weighted by Crippen LogP contribution is 2.09. The van der Waals surface area contributed by atoms with Gasteiger partial charge < -0.3 is 9.84 Å². The molecule has 1 atom stereocenters. The summed E-state index contributed by atoms with van der Waals surface area (Å²) in [4.78, 5) is 11.3. The van der Waals surface area contributed by atoms with Gasteiger partial charge in [0.25, 0.3) is 10.2 Å². The smallest absolute Gasteiger partial charge is 0.322 e. The van der Waals surface area contributed by atoms with Crippen LogP contribution < -0.4 is 4.72 Å². The third-order valence-corrected chi connectivity index (χ3v) is 4.88. The number of carboxylic acid groups (broad SMARTS) is 1. The lowest BCUT2D eigenvalue weighted by Gasteiger charge is -2.27. The summed E-state index contributed by atoms with van der Waals surface area (Å²) in [6.45, 7) is 0.906. The average molecular weight is 332 g/mol. The quantitative estimate of drug-likeness (QED) is 0.764. The molecular weight excluding hydrogens is 315 g/mol. The summed E-state index contributed by atoms with van der Waals surface area (Å²) in [5, 5.41) is 9.21. The number of ether oxygens (including phenoxy) is 1. The zero-order valence-corrected chi connectivity index (χ0v) is 12.6. The number of benzene rings is 1. The summed E-state index contributed by atoms with van der Waals surface area (Å²) in [5.41, 5.74) is 0.526. The molecule has 9 heteroatoms. The first-order valence-corrected chi connectivity index (χ1v) is 8.15. The molecule has 1 saturated heterocycles. The van der Waals surface area contributed by atoms with Crippen molar-refractivity contribution in [2.45, 2.75) is 12.5 Å². The fraction of sp³-hybridized carbons (Fsp3) is 0.462. The Bertz CT molecular complexity index is 614. The Kier molecular flexibility index (Phi) is 5.46. The van der Waals surface area contributed by atoms with Gasteiger partial charge in [0.2, 0.25) is 0 Å². The van der Waals surface area contributed by atoms with Crippen LogP contribution in [0.1, 0.15) is 5.56 Å². The van der Waals surface area contributed by atoms with Crippen molar-refractivity contribution in [3.05, 3.63) is 35.6 Å². The van der Waals surface area contributed by atoms with Crippen LogP contribution in [0.15, 0.2) is 24.3 Å². The van der Waals surface area contributed by atoms with Gasteiger partial charge in [0.05, 0.1) is 13.2 Å². The van der Waals surface area contributed by atoms with Gasteiger partial charge >= 0.3 is 5.97 Å². The highest BCUT2D eigenvalue weighted by Gasteiger charge is 2.30. The van der Waals surface area contributed by atoms with Crippen LogP contribution in [-0.4, -0.2) is 56.1 Å². The van der Waals surface area contributed by atoms with Crippen LogP contribution in [-0.2, 0) is 26.2 Å². The predicted octanol–water partition coefficient (Wildman–Crippen LogP) is -0.0120. The summed E-state index contributed by atoms with van der Waals surface area (Å²) in [5.74, 6) is -1.73. The van der Waals surface area contributed by atoms with Crippen LogP contribution in [0.3, 0.4) is 0 Å². The van der Waals surface area contributed by atoms with E-state index in [-0.39, 0.29) is 32.7 Å². The fourth-order valence-electron chi connectivity index (χ4n) is 2.08. The van der Waals surface area contributed by atoms with Crippen molar-refractivity contribution in [3.63, 3.8) is 0 Å². The molecule has 2 rings (SSSR count). The summed E-state index contributed by atoms with van der Waals surface area (Å²) >= 11 is 0. The Morgan fingerprint density at radius 1 is 1.32 bits per heavy atom. The molecule has 0 aliphatic carbocycles. The van der Waals surface area contributed by atoms with E-state index in [4.69, 9.17) is 4.74 Å². The van der Waals surface area contributed by atoms with E-state index in [9.17, 15) is 22.7 Å². The van der Waals surface area contributed by atoms with Crippen LogP contribution in [0, 0.1) is 5.82 Å². The second-order valence-electron chi connectivity index (χ2n) is 4.86. The Balaban J connectivity index is 2.07. The molecule has 0 amide bonds. The van der Waals surface area contributed by atoms with Crippen molar-refractivity contribution in [1.82, 2.24) is 9.03 Å². The van der Waals surface area contributed by atoms with E-state index in [1.54, 1.807) is 0 Å². The zero-order chi connectivity index (χ0) is 16.2. The number of aliphatic carboxylic acids is 1. The number of hydrogen-bond acceptors (Lipinski definition) is 4. The summed E-state index contributed by atoms with van der Waals surface area (Å²) in [7, 11) is -3.91. The molecule has 0 bridgehead atoms. The van der Waals surface area contributed by atoms with Gasteiger partial charge in [-0.3, -0.25) is 4.79 Å². The first-order valence-electron chi connectivity index (χ1n) is 6.71. The summed E-state index contributed by atoms with van der Waals surface area (Å²) in [6.07, 6.45) is -0.0703. The van der Waals surface area contributed by atoms with E-state index in [1.807, 2.05) is 0 Å². The number of morpholine rings is 1. The minimum absolute atomic E-state index is 0.0703. The van der Waals surface area contributed by atoms with E-state index in [0.717, 1.165) is 4.31 Å². The third kappa shape index (κ3) is 4.47. The van der Waals surface area contributed by atoms with Crippen LogP contribution in [0.4, 0.5) is 4.39 Å². The number of rotatable bonds is 6. The molecule has 1 aliphatic heterocycles. The second-order valence-corrected chi connectivity index (χ2v) is 6.56. The van der Waals surface area contributed by atoms with Crippen LogP contribution in [0.25, 0.3) is 0 Å². The second kappa shape index (κ2) is 7.14. The zero-order valence-electron chi connectivity index (χ0n) is 11.7. The summed E-state index contributed by atoms with van der Waals surface area (Å²) < 4.78 is 45.6.